The van der Waals surface area contributed by atoms with Crippen LogP contribution in [0.1, 0.15) is 58.3 Å². The van der Waals surface area contributed by atoms with Crippen LogP contribution in [0.2, 0.25) is 0 Å². The molecule has 2 N–H and O–H groups in total. The Balaban J connectivity index is 1.20. The molecular formula is C28H26N4O4S. The summed E-state index contributed by atoms with van der Waals surface area (Å²) in [5.41, 5.74) is 5.34. The van der Waals surface area contributed by atoms with E-state index in [2.05, 4.69) is 50.1 Å². The number of hydrogen-bond donors (Lipinski definition) is 2. The van der Waals surface area contributed by atoms with Gasteiger partial charge in [0.1, 0.15) is 23.9 Å². The van der Waals surface area contributed by atoms with Crippen LogP contribution in [-0.4, -0.2) is 33.8 Å². The third-order valence-electron chi connectivity index (χ3n) is 7.60. The summed E-state index contributed by atoms with van der Waals surface area (Å²) in [5, 5.41) is 18.7. The summed E-state index contributed by atoms with van der Waals surface area (Å²) in [6, 6.07) is 14.8. The zero-order valence-electron chi connectivity index (χ0n) is 20.0. The van der Waals surface area contributed by atoms with Gasteiger partial charge in [0.2, 0.25) is 0 Å². The standard InChI is InChI=1S/C28H26N4O4S/c33-13-19-11-18(12-24(19)36-28(34)17-5-8-20(32-35)9-6-17)22-14-37-26-25(22)29-15-30-27(26)31-23-10-7-16-3-1-2-4-21(16)23/h1-6,8-9,14-15,18-19,23-24,33H,7,10-13H2,(H,29,30,31)/t18-,19+,23+,24+/m1/s1. The van der Waals surface area contributed by atoms with Crippen molar-refractivity contribution in [1.82, 2.24) is 9.97 Å². The molecule has 0 radical (unpaired) electrons. The first kappa shape index (κ1) is 23.7. The molecule has 188 valence electrons. The van der Waals surface area contributed by atoms with E-state index in [9.17, 15) is 14.8 Å². The molecule has 0 amide bonds. The van der Waals surface area contributed by atoms with Crippen LogP contribution in [0.25, 0.3) is 10.2 Å². The minimum atomic E-state index is -0.470. The van der Waals surface area contributed by atoms with Gasteiger partial charge in [-0.1, -0.05) is 24.3 Å². The van der Waals surface area contributed by atoms with Crippen molar-refractivity contribution in [2.75, 3.05) is 11.9 Å². The van der Waals surface area contributed by atoms with Crippen molar-refractivity contribution >= 4 is 39.0 Å². The Morgan fingerprint density at radius 1 is 1.11 bits per heavy atom. The molecule has 0 saturated heterocycles. The Kier molecular flexibility index (Phi) is 6.40. The van der Waals surface area contributed by atoms with Gasteiger partial charge in [0.25, 0.3) is 0 Å². The number of nitrogens with one attached hydrogen (secondary N) is 1. The monoisotopic (exact) mass is 514 g/mol. The van der Waals surface area contributed by atoms with E-state index in [4.69, 9.17) is 4.74 Å². The molecule has 8 nitrogen and oxygen atoms in total. The lowest BCUT2D eigenvalue weighted by Gasteiger charge is -2.18. The van der Waals surface area contributed by atoms with E-state index in [-0.39, 0.29) is 30.2 Å². The number of aryl methyl sites for hydroxylation is 1. The molecule has 6 rings (SSSR count). The van der Waals surface area contributed by atoms with E-state index in [1.807, 2.05) is 0 Å². The maximum absolute atomic E-state index is 12.7. The van der Waals surface area contributed by atoms with Crippen LogP contribution >= 0.6 is 11.3 Å². The molecule has 2 aromatic carbocycles. The summed E-state index contributed by atoms with van der Waals surface area (Å²) < 4.78 is 6.83. The van der Waals surface area contributed by atoms with Gasteiger partial charge in [-0.05, 0) is 83.1 Å². The highest BCUT2D eigenvalue weighted by atomic mass is 32.1. The molecule has 2 aromatic heterocycles. The van der Waals surface area contributed by atoms with Crippen molar-refractivity contribution in [3.63, 3.8) is 0 Å². The summed E-state index contributed by atoms with van der Waals surface area (Å²) in [6.07, 6.45) is 4.61. The third kappa shape index (κ3) is 4.49. The number of aliphatic hydroxyl groups is 1. The molecule has 0 bridgehead atoms. The highest BCUT2D eigenvalue weighted by Crippen LogP contribution is 2.45. The van der Waals surface area contributed by atoms with Gasteiger partial charge < -0.3 is 15.2 Å². The minimum absolute atomic E-state index is 0.0621. The number of aliphatic hydroxyl groups excluding tert-OH is 1. The largest absolute Gasteiger partial charge is 0.458 e. The number of nitroso groups, excluding NO2 is 1. The van der Waals surface area contributed by atoms with Gasteiger partial charge in [-0.3, -0.25) is 0 Å². The van der Waals surface area contributed by atoms with Crippen molar-refractivity contribution < 1.29 is 14.6 Å². The third-order valence-corrected chi connectivity index (χ3v) is 8.59. The first-order chi connectivity index (χ1) is 18.1. The maximum Gasteiger partial charge on any atom is 0.338 e. The average molecular weight is 515 g/mol. The fourth-order valence-corrected chi connectivity index (χ4v) is 6.73. The van der Waals surface area contributed by atoms with Crippen LogP contribution in [0.15, 0.2) is 65.4 Å². The molecule has 4 aromatic rings. The number of ether oxygens (including phenoxy) is 1. The fourth-order valence-electron chi connectivity index (χ4n) is 5.67. The van der Waals surface area contributed by atoms with Gasteiger partial charge in [0, 0.05) is 12.5 Å². The van der Waals surface area contributed by atoms with Crippen LogP contribution in [0.5, 0.6) is 0 Å². The van der Waals surface area contributed by atoms with Gasteiger partial charge in [-0.2, -0.15) is 0 Å². The summed E-state index contributed by atoms with van der Waals surface area (Å²) in [7, 11) is 0. The molecule has 4 atom stereocenters. The Morgan fingerprint density at radius 3 is 2.76 bits per heavy atom. The summed E-state index contributed by atoms with van der Waals surface area (Å²) >= 11 is 1.62. The summed E-state index contributed by atoms with van der Waals surface area (Å²) in [4.78, 5) is 32.6. The lowest BCUT2D eigenvalue weighted by molar-refractivity contribution is 0.0129. The lowest BCUT2D eigenvalue weighted by atomic mass is 9.98. The Hall–Kier alpha value is -3.69. The molecule has 0 spiro atoms. The highest BCUT2D eigenvalue weighted by molar-refractivity contribution is 7.18. The van der Waals surface area contributed by atoms with E-state index < -0.39 is 12.1 Å². The number of fused-ring (bicyclic) bond motifs is 2. The highest BCUT2D eigenvalue weighted by Gasteiger charge is 2.38. The molecule has 0 unspecified atom stereocenters. The van der Waals surface area contributed by atoms with E-state index >= 15 is 0 Å². The quantitative estimate of drug-likeness (QED) is 0.233. The topological polar surface area (TPSA) is 114 Å². The first-order valence-electron chi connectivity index (χ1n) is 12.5. The van der Waals surface area contributed by atoms with Crippen molar-refractivity contribution in [2.24, 2.45) is 11.1 Å². The molecule has 2 heterocycles. The number of carbonyl (C=O) groups excluding carboxylic acids is 1. The molecule has 2 aliphatic carbocycles. The number of rotatable bonds is 7. The van der Waals surface area contributed by atoms with Crippen molar-refractivity contribution in [2.45, 2.75) is 43.7 Å². The van der Waals surface area contributed by atoms with Gasteiger partial charge in [-0.25, -0.2) is 14.8 Å². The smallest absolute Gasteiger partial charge is 0.338 e. The number of nitrogens with zero attached hydrogens (tertiary/aromatic N) is 3. The lowest BCUT2D eigenvalue weighted by Crippen LogP contribution is -2.24. The Labute approximate surface area is 217 Å². The molecule has 37 heavy (non-hydrogen) atoms. The predicted octanol–water partition coefficient (Wildman–Crippen LogP) is 5.90. The number of esters is 1. The second kappa shape index (κ2) is 9.99. The number of hydrogen-bond acceptors (Lipinski definition) is 9. The number of anilines is 1. The van der Waals surface area contributed by atoms with Gasteiger partial charge in [-0.15, -0.1) is 16.2 Å². The maximum atomic E-state index is 12.7. The SMILES string of the molecule is O=Nc1ccc(C(=O)O[C@H]2C[C@H](c3csc4c(N[C@H]5CCc6ccccc65)ncnc34)C[C@H]2CO)cc1. The predicted molar refractivity (Wildman–Crippen MR) is 142 cm³/mol. The van der Waals surface area contributed by atoms with E-state index in [1.165, 1.54) is 35.4 Å². The zero-order chi connectivity index (χ0) is 25.4. The molecule has 9 heteroatoms. The van der Waals surface area contributed by atoms with E-state index in [1.54, 1.807) is 17.7 Å². The normalized spacial score (nSPS) is 22.6. The van der Waals surface area contributed by atoms with Gasteiger partial charge in [0.05, 0.1) is 21.8 Å². The number of aromatic nitrogens is 2. The van der Waals surface area contributed by atoms with Crippen LogP contribution < -0.4 is 5.32 Å². The second-order valence-electron chi connectivity index (χ2n) is 9.72. The number of benzene rings is 2. The average Bonchev–Trinajstić information content (AvgIpc) is 3.66. The number of thiophene rings is 1. The second-order valence-corrected chi connectivity index (χ2v) is 10.6. The molecular weight excluding hydrogens is 488 g/mol. The van der Waals surface area contributed by atoms with Crippen molar-refractivity contribution in [1.29, 1.82) is 0 Å². The van der Waals surface area contributed by atoms with Crippen LogP contribution in [0, 0.1) is 10.8 Å². The molecule has 1 saturated carbocycles. The van der Waals surface area contributed by atoms with Gasteiger partial charge in [0.15, 0.2) is 0 Å². The molecule has 0 aliphatic heterocycles. The van der Waals surface area contributed by atoms with E-state index in [0.29, 0.717) is 18.4 Å². The Morgan fingerprint density at radius 2 is 1.95 bits per heavy atom. The summed E-state index contributed by atoms with van der Waals surface area (Å²) in [5.74, 6) is 0.327. The fraction of sp³-hybridized carbons (Fsp3) is 0.321. The zero-order valence-corrected chi connectivity index (χ0v) is 20.9. The van der Waals surface area contributed by atoms with Gasteiger partial charge >= 0.3 is 5.97 Å². The van der Waals surface area contributed by atoms with Crippen molar-refractivity contribution in [3.05, 3.63) is 87.4 Å². The van der Waals surface area contributed by atoms with Crippen LogP contribution in [0.3, 0.4) is 0 Å². The first-order valence-corrected chi connectivity index (χ1v) is 13.3. The minimum Gasteiger partial charge on any atom is -0.458 e. The van der Waals surface area contributed by atoms with Crippen molar-refractivity contribution in [3.8, 4) is 0 Å². The Bertz CT molecular complexity index is 1450. The van der Waals surface area contributed by atoms with Crippen LogP contribution in [-0.2, 0) is 11.2 Å². The number of carbonyl (C=O) groups is 1. The van der Waals surface area contributed by atoms with Crippen LogP contribution in [0.4, 0.5) is 11.5 Å². The molecule has 2 aliphatic rings. The summed E-state index contributed by atoms with van der Waals surface area (Å²) in [6.45, 7) is -0.0621. The van der Waals surface area contributed by atoms with E-state index in [0.717, 1.165) is 34.4 Å². The molecule has 1 fully saturated rings.